The lowest BCUT2D eigenvalue weighted by Gasteiger charge is -2.29. The highest BCUT2D eigenvalue weighted by molar-refractivity contribution is 6.43. The average Bonchev–Trinajstić information content (AvgIpc) is 2.35. The molecular formula is C13H17Cl2N3O. The third kappa shape index (κ3) is 4.08. The lowest BCUT2D eigenvalue weighted by Crippen LogP contribution is -2.45. The van der Waals surface area contributed by atoms with Crippen LogP contribution in [0.2, 0.25) is 10.0 Å². The quantitative estimate of drug-likeness (QED) is 0.901. The Morgan fingerprint density at radius 2 is 2.26 bits per heavy atom. The maximum Gasteiger partial charge on any atom is 0.238 e. The van der Waals surface area contributed by atoms with E-state index in [1.54, 1.807) is 18.2 Å². The Morgan fingerprint density at radius 3 is 3.00 bits per heavy atom. The molecule has 1 amide bonds. The monoisotopic (exact) mass is 301 g/mol. The fourth-order valence-corrected chi connectivity index (χ4v) is 2.58. The van der Waals surface area contributed by atoms with Crippen molar-refractivity contribution in [3.8, 4) is 0 Å². The highest BCUT2D eigenvalue weighted by atomic mass is 35.5. The molecule has 1 fully saturated rings. The van der Waals surface area contributed by atoms with E-state index in [0.717, 1.165) is 25.9 Å². The van der Waals surface area contributed by atoms with Gasteiger partial charge in [-0.15, -0.1) is 0 Å². The van der Waals surface area contributed by atoms with Gasteiger partial charge < -0.3 is 11.1 Å². The van der Waals surface area contributed by atoms with E-state index >= 15 is 0 Å². The zero-order chi connectivity index (χ0) is 13.8. The van der Waals surface area contributed by atoms with Gasteiger partial charge in [0.05, 0.1) is 22.3 Å². The normalized spacial score (nSPS) is 20.3. The molecule has 0 bridgehead atoms. The summed E-state index contributed by atoms with van der Waals surface area (Å²) in [5, 5.41) is 3.57. The number of hydrogen-bond acceptors (Lipinski definition) is 3. The third-order valence-electron chi connectivity index (χ3n) is 3.13. The van der Waals surface area contributed by atoms with Crippen LogP contribution in [0.25, 0.3) is 0 Å². The Morgan fingerprint density at radius 1 is 1.47 bits per heavy atom. The van der Waals surface area contributed by atoms with Gasteiger partial charge in [-0.25, -0.2) is 0 Å². The zero-order valence-electron chi connectivity index (χ0n) is 10.5. The standard InChI is InChI=1S/C13H17Cl2N3O/c14-10-4-1-5-11(13(10)15)17-12(19)8-18-6-2-3-9(16)7-18/h1,4-5,9H,2-3,6-8,16H2,(H,17,19)/t9-/m1/s1. The maximum atomic E-state index is 12.0. The van der Waals surface area contributed by atoms with E-state index in [1.807, 2.05) is 0 Å². The molecule has 0 aliphatic carbocycles. The minimum absolute atomic E-state index is 0.0988. The fraction of sp³-hybridized carbons (Fsp3) is 0.462. The van der Waals surface area contributed by atoms with Crippen LogP contribution in [-0.4, -0.2) is 36.5 Å². The SMILES string of the molecule is N[C@@H]1CCCN(CC(=O)Nc2cccc(Cl)c2Cl)C1. The molecule has 1 atom stereocenters. The lowest BCUT2D eigenvalue weighted by atomic mass is 10.1. The summed E-state index contributed by atoms with van der Waals surface area (Å²) in [7, 11) is 0. The first-order valence-electron chi connectivity index (χ1n) is 6.28. The third-order valence-corrected chi connectivity index (χ3v) is 3.95. The number of nitrogens with zero attached hydrogens (tertiary/aromatic N) is 1. The molecule has 0 aromatic heterocycles. The average molecular weight is 302 g/mol. The van der Waals surface area contributed by atoms with Crippen LogP contribution in [-0.2, 0) is 4.79 Å². The van der Waals surface area contributed by atoms with Crippen molar-refractivity contribution in [3.63, 3.8) is 0 Å². The number of halogens is 2. The summed E-state index contributed by atoms with van der Waals surface area (Å²) in [6.45, 7) is 2.00. The van der Waals surface area contributed by atoms with Gasteiger partial charge in [0.25, 0.3) is 0 Å². The Hall–Kier alpha value is -0.810. The summed E-state index contributed by atoms with van der Waals surface area (Å²) in [4.78, 5) is 14.0. The number of rotatable bonds is 3. The van der Waals surface area contributed by atoms with Gasteiger partial charge in [0.1, 0.15) is 0 Å². The molecule has 6 heteroatoms. The van der Waals surface area contributed by atoms with Gasteiger partial charge in [0.2, 0.25) is 5.91 Å². The van der Waals surface area contributed by atoms with Crippen LogP contribution in [0.4, 0.5) is 5.69 Å². The number of carbonyl (C=O) groups excluding carboxylic acids is 1. The van der Waals surface area contributed by atoms with Gasteiger partial charge in [-0.2, -0.15) is 0 Å². The number of nitrogens with one attached hydrogen (secondary N) is 1. The molecule has 0 unspecified atom stereocenters. The second-order valence-corrected chi connectivity index (χ2v) is 5.57. The summed E-state index contributed by atoms with van der Waals surface area (Å²) in [6.07, 6.45) is 2.06. The van der Waals surface area contributed by atoms with Crippen LogP contribution in [0.5, 0.6) is 0 Å². The van der Waals surface area contributed by atoms with Gasteiger partial charge in [-0.1, -0.05) is 29.3 Å². The topological polar surface area (TPSA) is 58.4 Å². The largest absolute Gasteiger partial charge is 0.327 e. The molecule has 3 N–H and O–H groups in total. The van der Waals surface area contributed by atoms with Crippen molar-refractivity contribution in [2.24, 2.45) is 5.73 Å². The molecule has 1 saturated heterocycles. The van der Waals surface area contributed by atoms with Crippen LogP contribution in [0, 0.1) is 0 Å². The van der Waals surface area contributed by atoms with Gasteiger partial charge in [-0.05, 0) is 31.5 Å². The summed E-state index contributed by atoms with van der Waals surface area (Å²) in [5.74, 6) is -0.0988. The van der Waals surface area contributed by atoms with Crippen molar-refractivity contribution in [3.05, 3.63) is 28.2 Å². The molecule has 0 saturated carbocycles. The molecule has 1 aromatic rings. The Labute approximate surface area is 122 Å². The highest BCUT2D eigenvalue weighted by Crippen LogP contribution is 2.29. The van der Waals surface area contributed by atoms with E-state index < -0.39 is 0 Å². The van der Waals surface area contributed by atoms with E-state index in [2.05, 4.69) is 10.2 Å². The van der Waals surface area contributed by atoms with Crippen molar-refractivity contribution in [2.45, 2.75) is 18.9 Å². The molecule has 1 heterocycles. The van der Waals surface area contributed by atoms with E-state index in [4.69, 9.17) is 28.9 Å². The number of likely N-dealkylation sites (tertiary alicyclic amines) is 1. The Kier molecular flexibility index (Phi) is 5.05. The van der Waals surface area contributed by atoms with E-state index in [0.29, 0.717) is 22.3 Å². The van der Waals surface area contributed by atoms with E-state index in [1.165, 1.54) is 0 Å². The van der Waals surface area contributed by atoms with Crippen molar-refractivity contribution in [1.29, 1.82) is 0 Å². The fourth-order valence-electron chi connectivity index (χ4n) is 2.23. The van der Waals surface area contributed by atoms with Crippen LogP contribution >= 0.6 is 23.2 Å². The van der Waals surface area contributed by atoms with Crippen LogP contribution < -0.4 is 11.1 Å². The maximum absolute atomic E-state index is 12.0. The predicted molar refractivity (Wildman–Crippen MR) is 78.7 cm³/mol. The second kappa shape index (κ2) is 6.57. The van der Waals surface area contributed by atoms with E-state index in [9.17, 15) is 4.79 Å². The summed E-state index contributed by atoms with van der Waals surface area (Å²) < 4.78 is 0. The number of anilines is 1. The second-order valence-electron chi connectivity index (χ2n) is 4.79. The van der Waals surface area contributed by atoms with Gasteiger partial charge >= 0.3 is 0 Å². The minimum atomic E-state index is -0.0988. The Balaban J connectivity index is 1.92. The summed E-state index contributed by atoms with van der Waals surface area (Å²) in [5.41, 5.74) is 6.43. The number of carbonyl (C=O) groups is 1. The molecule has 4 nitrogen and oxygen atoms in total. The van der Waals surface area contributed by atoms with Gasteiger partial charge in [-0.3, -0.25) is 9.69 Å². The van der Waals surface area contributed by atoms with E-state index in [-0.39, 0.29) is 11.9 Å². The molecule has 1 aromatic carbocycles. The van der Waals surface area contributed by atoms with Crippen molar-refractivity contribution >= 4 is 34.8 Å². The molecule has 104 valence electrons. The molecule has 1 aliphatic rings. The zero-order valence-corrected chi connectivity index (χ0v) is 12.0. The molecule has 1 aliphatic heterocycles. The first-order valence-corrected chi connectivity index (χ1v) is 7.03. The van der Waals surface area contributed by atoms with Crippen molar-refractivity contribution in [2.75, 3.05) is 25.0 Å². The van der Waals surface area contributed by atoms with Crippen LogP contribution in [0.1, 0.15) is 12.8 Å². The number of amides is 1. The summed E-state index contributed by atoms with van der Waals surface area (Å²) >= 11 is 11.9. The molecule has 19 heavy (non-hydrogen) atoms. The number of hydrogen-bond donors (Lipinski definition) is 2. The number of nitrogens with two attached hydrogens (primary N) is 1. The van der Waals surface area contributed by atoms with Gasteiger partial charge in [0.15, 0.2) is 0 Å². The summed E-state index contributed by atoms with van der Waals surface area (Å²) in [6, 6.07) is 5.33. The van der Waals surface area contributed by atoms with Crippen LogP contribution in [0.3, 0.4) is 0 Å². The molecule has 0 radical (unpaired) electrons. The number of piperidine rings is 1. The Bertz CT molecular complexity index is 467. The minimum Gasteiger partial charge on any atom is -0.327 e. The van der Waals surface area contributed by atoms with Crippen molar-refractivity contribution in [1.82, 2.24) is 4.90 Å². The molecule has 2 rings (SSSR count). The molecule has 0 spiro atoms. The molecular weight excluding hydrogens is 285 g/mol. The lowest BCUT2D eigenvalue weighted by molar-refractivity contribution is -0.117. The highest BCUT2D eigenvalue weighted by Gasteiger charge is 2.19. The smallest absolute Gasteiger partial charge is 0.238 e. The van der Waals surface area contributed by atoms with Crippen LogP contribution in [0.15, 0.2) is 18.2 Å². The predicted octanol–water partition coefficient (Wildman–Crippen LogP) is 2.35. The first-order chi connectivity index (χ1) is 9.06. The van der Waals surface area contributed by atoms with Gasteiger partial charge in [0, 0.05) is 12.6 Å². The number of benzene rings is 1. The van der Waals surface area contributed by atoms with Crippen molar-refractivity contribution < 1.29 is 4.79 Å². The first kappa shape index (κ1) is 14.6.